The summed E-state index contributed by atoms with van der Waals surface area (Å²) in [6.07, 6.45) is 7.35. The number of anilines is 1. The van der Waals surface area contributed by atoms with E-state index in [1.807, 2.05) is 0 Å². The first kappa shape index (κ1) is 23.3. The predicted octanol–water partition coefficient (Wildman–Crippen LogP) is 4.20. The number of allylic oxidation sites excluding steroid dienone is 7. The lowest BCUT2D eigenvalue weighted by Gasteiger charge is -2.04. The Morgan fingerprint density at radius 1 is 0.914 bits per heavy atom. The van der Waals surface area contributed by atoms with Crippen LogP contribution >= 0.6 is 0 Å². The quantitative estimate of drug-likeness (QED) is 0.198. The lowest BCUT2D eigenvalue weighted by molar-refractivity contribution is -0.114. The number of nitrogens with one attached hydrogen (secondary N) is 2. The van der Waals surface area contributed by atoms with Gasteiger partial charge in [0.2, 0.25) is 11.8 Å². The molecule has 35 heavy (non-hydrogen) atoms. The van der Waals surface area contributed by atoms with Crippen molar-refractivity contribution in [3.8, 4) is 0 Å². The molecule has 0 spiro atoms. The van der Waals surface area contributed by atoms with Gasteiger partial charge in [-0.15, -0.1) is 0 Å². The molecule has 0 fully saturated rings. The first-order valence-electron chi connectivity index (χ1n) is 10.5. The van der Waals surface area contributed by atoms with Crippen molar-refractivity contribution in [3.63, 3.8) is 0 Å². The van der Waals surface area contributed by atoms with Gasteiger partial charge in [0.25, 0.3) is 0 Å². The Morgan fingerprint density at radius 2 is 1.60 bits per heavy atom. The number of hydrogen-bond donors (Lipinski definition) is 3. The molecule has 0 saturated carbocycles. The van der Waals surface area contributed by atoms with E-state index in [2.05, 4.69) is 5.32 Å². The van der Waals surface area contributed by atoms with Crippen LogP contribution < -0.4 is 5.32 Å². The van der Waals surface area contributed by atoms with E-state index in [0.29, 0.717) is 22.4 Å². The van der Waals surface area contributed by atoms with Crippen molar-refractivity contribution in [3.05, 3.63) is 106 Å². The van der Waals surface area contributed by atoms with Gasteiger partial charge in [0.05, 0.1) is 18.3 Å². The Hall–Kier alpha value is -4.85. The molecule has 2 aliphatic carbocycles. The van der Waals surface area contributed by atoms with Crippen LogP contribution in [0, 0.1) is 5.41 Å². The van der Waals surface area contributed by atoms with E-state index in [1.165, 1.54) is 68.7 Å². The minimum absolute atomic E-state index is 0.0100. The highest BCUT2D eigenvalue weighted by Crippen LogP contribution is 2.33. The summed E-state index contributed by atoms with van der Waals surface area (Å²) in [5.41, 5.74) is 2.06. The van der Waals surface area contributed by atoms with Crippen LogP contribution in [0.5, 0.6) is 0 Å². The average molecular weight is 468 g/mol. The van der Waals surface area contributed by atoms with Gasteiger partial charge in [-0.05, 0) is 48.6 Å². The number of Topliss-reactive ketones (excluding diaryl/α,β-unsaturated/α-hetero) is 3. The van der Waals surface area contributed by atoms with Crippen molar-refractivity contribution in [1.82, 2.24) is 0 Å². The molecule has 0 aliphatic heterocycles. The van der Waals surface area contributed by atoms with Crippen LogP contribution in [0.4, 0.5) is 5.69 Å². The fourth-order valence-corrected chi connectivity index (χ4v) is 3.87. The van der Waals surface area contributed by atoms with E-state index >= 15 is 0 Å². The van der Waals surface area contributed by atoms with Crippen LogP contribution in [0.2, 0.25) is 0 Å². The van der Waals surface area contributed by atoms with Gasteiger partial charge in [0.15, 0.2) is 17.3 Å². The second kappa shape index (κ2) is 9.18. The Labute approximate surface area is 200 Å². The number of amides is 1. The van der Waals surface area contributed by atoms with Crippen molar-refractivity contribution in [2.75, 3.05) is 12.4 Å². The molecular weight excluding hydrogens is 448 g/mol. The topological polar surface area (TPSA) is 134 Å². The summed E-state index contributed by atoms with van der Waals surface area (Å²) in [5.74, 6) is -1.78. The van der Waals surface area contributed by atoms with Gasteiger partial charge in [0, 0.05) is 40.4 Å². The average Bonchev–Trinajstić information content (AvgIpc) is 3.22. The number of methoxy groups -OCH3 is 1. The summed E-state index contributed by atoms with van der Waals surface area (Å²) in [6.45, 7) is 1.35. The molecular formula is C27H20N2O6. The van der Waals surface area contributed by atoms with Gasteiger partial charge in [0.1, 0.15) is 5.76 Å². The molecule has 2 aromatic carbocycles. The van der Waals surface area contributed by atoms with Gasteiger partial charge in [-0.2, -0.15) is 0 Å². The number of benzene rings is 2. The lowest BCUT2D eigenvalue weighted by Crippen LogP contribution is -2.06. The molecule has 0 unspecified atom stereocenters. The minimum atomic E-state index is -0.440. The van der Waals surface area contributed by atoms with Gasteiger partial charge >= 0.3 is 0 Å². The molecule has 0 aromatic heterocycles. The second-order valence-corrected chi connectivity index (χ2v) is 7.81. The van der Waals surface area contributed by atoms with Crippen LogP contribution in [0.1, 0.15) is 49.1 Å². The monoisotopic (exact) mass is 468 g/mol. The van der Waals surface area contributed by atoms with Crippen LogP contribution in [-0.4, -0.2) is 41.4 Å². The number of carbonyl (C=O) groups excluding carboxylic acids is 4. The van der Waals surface area contributed by atoms with Crippen LogP contribution in [0.25, 0.3) is 5.76 Å². The number of fused-ring (bicyclic) bond motifs is 2. The van der Waals surface area contributed by atoms with Crippen LogP contribution in [-0.2, 0) is 9.53 Å². The number of ketones is 3. The molecule has 2 aliphatic rings. The largest absolute Gasteiger partial charge is 0.507 e. The molecule has 0 heterocycles. The van der Waals surface area contributed by atoms with Crippen LogP contribution in [0.15, 0.2) is 77.9 Å². The Balaban J connectivity index is 1.51. The van der Waals surface area contributed by atoms with Crippen molar-refractivity contribution in [2.45, 2.75) is 6.92 Å². The molecule has 2 aromatic rings. The number of rotatable bonds is 5. The molecule has 3 N–H and O–H groups in total. The highest BCUT2D eigenvalue weighted by Gasteiger charge is 2.33. The fourth-order valence-electron chi connectivity index (χ4n) is 3.87. The standard InChI is InChI=1S/C27H20N2O6/c1-14(30)29-16-9-11-18-22(13-16)26(34)20(24(18)32)7-5-3-4-6-19-23(31)17-10-8-15(27(28)35-2)12-21(17)25(19)33/h3-13,28,33H,1-2H3,(H,29,30). The predicted molar refractivity (Wildman–Crippen MR) is 130 cm³/mol. The zero-order chi connectivity index (χ0) is 25.3. The SMILES string of the molecule is COC(=N)c1ccc2c(c1)C(O)=C(C=CC=CC=C1C(=O)c3ccc(NC(C)=O)cc3C1=O)C2=O. The van der Waals surface area contributed by atoms with Crippen molar-refractivity contribution < 1.29 is 29.0 Å². The summed E-state index contributed by atoms with van der Waals surface area (Å²) in [7, 11) is 1.36. The minimum Gasteiger partial charge on any atom is -0.507 e. The number of hydrogen-bond acceptors (Lipinski definition) is 7. The molecule has 4 rings (SSSR count). The van der Waals surface area contributed by atoms with Gasteiger partial charge in [-0.25, -0.2) is 0 Å². The number of ether oxygens (including phenoxy) is 1. The van der Waals surface area contributed by atoms with E-state index in [4.69, 9.17) is 10.1 Å². The van der Waals surface area contributed by atoms with E-state index < -0.39 is 11.6 Å². The smallest absolute Gasteiger partial charge is 0.221 e. The van der Waals surface area contributed by atoms with Crippen molar-refractivity contribution in [1.29, 1.82) is 5.41 Å². The summed E-state index contributed by atoms with van der Waals surface area (Å²) in [5, 5.41) is 20.8. The van der Waals surface area contributed by atoms with E-state index in [1.54, 1.807) is 12.1 Å². The zero-order valence-electron chi connectivity index (χ0n) is 18.8. The van der Waals surface area contributed by atoms with Crippen LogP contribution in [0.3, 0.4) is 0 Å². The molecule has 0 saturated heterocycles. The lowest BCUT2D eigenvalue weighted by atomic mass is 10.0. The van der Waals surface area contributed by atoms with E-state index in [-0.39, 0.29) is 45.6 Å². The maximum absolute atomic E-state index is 12.7. The number of aliphatic hydroxyl groups excluding tert-OH is 1. The second-order valence-electron chi connectivity index (χ2n) is 7.81. The third kappa shape index (κ3) is 4.24. The highest BCUT2D eigenvalue weighted by molar-refractivity contribution is 6.39. The Morgan fingerprint density at radius 3 is 2.31 bits per heavy atom. The number of carbonyl (C=O) groups is 4. The number of aliphatic hydroxyl groups is 1. The van der Waals surface area contributed by atoms with Gasteiger partial charge < -0.3 is 15.2 Å². The van der Waals surface area contributed by atoms with Gasteiger partial charge in [-0.1, -0.05) is 18.2 Å². The molecule has 0 radical (unpaired) electrons. The Bertz CT molecular complexity index is 1460. The summed E-state index contributed by atoms with van der Waals surface area (Å²) in [4.78, 5) is 49.1. The fraction of sp³-hybridized carbons (Fsp3) is 0.0741. The molecule has 8 heteroatoms. The third-order valence-electron chi connectivity index (χ3n) is 5.55. The summed E-state index contributed by atoms with van der Waals surface area (Å²) in [6, 6.07) is 9.15. The van der Waals surface area contributed by atoms with E-state index in [9.17, 15) is 24.3 Å². The maximum atomic E-state index is 12.7. The van der Waals surface area contributed by atoms with E-state index in [0.717, 1.165) is 0 Å². The highest BCUT2D eigenvalue weighted by atomic mass is 16.5. The van der Waals surface area contributed by atoms with Crippen molar-refractivity contribution >= 4 is 40.6 Å². The third-order valence-corrected chi connectivity index (χ3v) is 5.55. The van der Waals surface area contributed by atoms with Gasteiger partial charge in [-0.3, -0.25) is 24.6 Å². The zero-order valence-corrected chi connectivity index (χ0v) is 18.8. The molecule has 0 bridgehead atoms. The summed E-state index contributed by atoms with van der Waals surface area (Å²) >= 11 is 0. The molecule has 8 nitrogen and oxygen atoms in total. The Kier molecular flexibility index (Phi) is 6.12. The molecule has 0 atom stereocenters. The molecule has 1 amide bonds. The van der Waals surface area contributed by atoms with Crippen molar-refractivity contribution in [2.24, 2.45) is 0 Å². The normalized spacial score (nSPS) is 15.9. The maximum Gasteiger partial charge on any atom is 0.221 e. The summed E-state index contributed by atoms with van der Waals surface area (Å²) < 4.78 is 4.88. The first-order chi connectivity index (χ1) is 16.7. The molecule has 174 valence electrons. The first-order valence-corrected chi connectivity index (χ1v) is 10.5.